The molecule has 0 heterocycles. The molecule has 2 aromatic carbocycles. The maximum atomic E-state index is 9.49. The van der Waals surface area contributed by atoms with Gasteiger partial charge >= 0.3 is 0 Å². The first-order valence-corrected chi connectivity index (χ1v) is 6.16. The number of hydrogen-bond acceptors (Lipinski definition) is 2. The Morgan fingerprint density at radius 1 is 1.06 bits per heavy atom. The van der Waals surface area contributed by atoms with Gasteiger partial charge in [0.25, 0.3) is 0 Å². The lowest BCUT2D eigenvalue weighted by molar-refractivity contribution is 0.199. The van der Waals surface area contributed by atoms with Gasteiger partial charge in [0.2, 0.25) is 0 Å². The molecule has 0 radical (unpaired) electrons. The molecule has 0 amide bonds. The SMILES string of the molecule is Cc1ccc(Oc2ccc(C(C)O)c(Cl)c2)cc1. The molecule has 0 spiro atoms. The van der Waals surface area contributed by atoms with Crippen LogP contribution in [0.4, 0.5) is 0 Å². The van der Waals surface area contributed by atoms with Crippen molar-refractivity contribution < 1.29 is 9.84 Å². The highest BCUT2D eigenvalue weighted by Gasteiger charge is 2.07. The van der Waals surface area contributed by atoms with Crippen molar-refractivity contribution in [1.29, 1.82) is 0 Å². The molecular formula is C15H15ClO2. The molecule has 0 aromatic heterocycles. The van der Waals surface area contributed by atoms with Gasteiger partial charge in [-0.15, -0.1) is 0 Å². The van der Waals surface area contributed by atoms with E-state index in [-0.39, 0.29) is 0 Å². The molecule has 0 bridgehead atoms. The summed E-state index contributed by atoms with van der Waals surface area (Å²) in [5.74, 6) is 1.43. The Kier molecular flexibility index (Phi) is 3.90. The predicted octanol–water partition coefficient (Wildman–Crippen LogP) is 4.49. The standard InChI is InChI=1S/C15H15ClO2/c1-10-3-5-12(6-4-10)18-13-7-8-14(11(2)17)15(16)9-13/h3-9,11,17H,1-2H3. The molecule has 0 aliphatic carbocycles. The zero-order chi connectivity index (χ0) is 13.1. The minimum absolute atomic E-state index is 0.509. The maximum absolute atomic E-state index is 9.49. The van der Waals surface area contributed by atoms with E-state index in [0.717, 1.165) is 5.75 Å². The van der Waals surface area contributed by atoms with E-state index in [9.17, 15) is 5.11 Å². The zero-order valence-electron chi connectivity index (χ0n) is 10.4. The Morgan fingerprint density at radius 3 is 2.22 bits per heavy atom. The van der Waals surface area contributed by atoms with Gasteiger partial charge in [-0.1, -0.05) is 35.4 Å². The number of halogens is 1. The quantitative estimate of drug-likeness (QED) is 0.883. The smallest absolute Gasteiger partial charge is 0.128 e. The number of benzene rings is 2. The Hall–Kier alpha value is -1.51. The van der Waals surface area contributed by atoms with Gasteiger partial charge in [-0.25, -0.2) is 0 Å². The lowest BCUT2D eigenvalue weighted by Crippen LogP contribution is -1.93. The van der Waals surface area contributed by atoms with Crippen LogP contribution in [0.1, 0.15) is 24.2 Å². The number of aliphatic hydroxyl groups is 1. The number of aliphatic hydroxyl groups excluding tert-OH is 1. The van der Waals surface area contributed by atoms with E-state index in [2.05, 4.69) is 0 Å². The molecule has 94 valence electrons. The highest BCUT2D eigenvalue weighted by molar-refractivity contribution is 6.31. The van der Waals surface area contributed by atoms with Gasteiger partial charge in [-0.05, 0) is 43.7 Å². The van der Waals surface area contributed by atoms with Crippen LogP contribution in [-0.4, -0.2) is 5.11 Å². The second-order valence-electron chi connectivity index (χ2n) is 4.27. The van der Waals surface area contributed by atoms with Crippen molar-refractivity contribution in [1.82, 2.24) is 0 Å². The third kappa shape index (κ3) is 3.03. The zero-order valence-corrected chi connectivity index (χ0v) is 11.1. The van der Waals surface area contributed by atoms with Gasteiger partial charge < -0.3 is 9.84 Å². The molecular weight excluding hydrogens is 248 g/mol. The number of rotatable bonds is 3. The lowest BCUT2D eigenvalue weighted by atomic mass is 10.1. The molecule has 2 nitrogen and oxygen atoms in total. The second kappa shape index (κ2) is 5.42. The molecule has 0 aliphatic rings. The van der Waals surface area contributed by atoms with Gasteiger partial charge in [0.1, 0.15) is 11.5 Å². The van der Waals surface area contributed by atoms with Crippen LogP contribution < -0.4 is 4.74 Å². The molecule has 0 saturated carbocycles. The fraction of sp³-hybridized carbons (Fsp3) is 0.200. The van der Waals surface area contributed by atoms with Crippen molar-refractivity contribution in [2.24, 2.45) is 0 Å². The fourth-order valence-corrected chi connectivity index (χ4v) is 1.98. The van der Waals surface area contributed by atoms with Crippen LogP contribution >= 0.6 is 11.6 Å². The summed E-state index contributed by atoms with van der Waals surface area (Å²) in [7, 11) is 0. The topological polar surface area (TPSA) is 29.5 Å². The van der Waals surface area contributed by atoms with Crippen molar-refractivity contribution in [3.05, 3.63) is 58.6 Å². The van der Waals surface area contributed by atoms with Crippen LogP contribution in [0, 0.1) is 6.92 Å². The van der Waals surface area contributed by atoms with Gasteiger partial charge in [-0.3, -0.25) is 0 Å². The number of hydrogen-bond donors (Lipinski definition) is 1. The third-order valence-electron chi connectivity index (χ3n) is 2.68. The molecule has 1 atom stereocenters. The molecule has 2 rings (SSSR count). The van der Waals surface area contributed by atoms with Crippen molar-refractivity contribution in [2.45, 2.75) is 20.0 Å². The molecule has 2 aromatic rings. The van der Waals surface area contributed by atoms with E-state index in [4.69, 9.17) is 16.3 Å². The van der Waals surface area contributed by atoms with Crippen LogP contribution in [0.25, 0.3) is 0 Å². The Labute approximate surface area is 112 Å². The summed E-state index contributed by atoms with van der Waals surface area (Å²) in [6.45, 7) is 3.71. The van der Waals surface area contributed by atoms with Crippen LogP contribution in [0.2, 0.25) is 5.02 Å². The van der Waals surface area contributed by atoms with E-state index in [1.165, 1.54) is 5.56 Å². The normalized spacial score (nSPS) is 12.2. The highest BCUT2D eigenvalue weighted by Crippen LogP contribution is 2.29. The van der Waals surface area contributed by atoms with Crippen LogP contribution in [0.5, 0.6) is 11.5 Å². The Morgan fingerprint density at radius 2 is 1.67 bits per heavy atom. The number of aryl methyl sites for hydroxylation is 1. The molecule has 0 fully saturated rings. The summed E-state index contributed by atoms with van der Waals surface area (Å²) in [5, 5.41) is 10.00. The van der Waals surface area contributed by atoms with E-state index in [1.807, 2.05) is 31.2 Å². The highest BCUT2D eigenvalue weighted by atomic mass is 35.5. The first-order valence-electron chi connectivity index (χ1n) is 5.78. The fourth-order valence-electron chi connectivity index (χ4n) is 1.65. The van der Waals surface area contributed by atoms with Crippen LogP contribution in [0.3, 0.4) is 0 Å². The van der Waals surface area contributed by atoms with Gasteiger partial charge in [0.15, 0.2) is 0 Å². The van der Waals surface area contributed by atoms with Crippen molar-refractivity contribution >= 4 is 11.6 Å². The predicted molar refractivity (Wildman–Crippen MR) is 73.3 cm³/mol. The van der Waals surface area contributed by atoms with E-state index in [1.54, 1.807) is 25.1 Å². The maximum Gasteiger partial charge on any atom is 0.128 e. The average molecular weight is 263 g/mol. The van der Waals surface area contributed by atoms with Crippen LogP contribution in [-0.2, 0) is 0 Å². The molecule has 1 N–H and O–H groups in total. The molecule has 0 saturated heterocycles. The van der Waals surface area contributed by atoms with Crippen molar-refractivity contribution in [3.63, 3.8) is 0 Å². The number of ether oxygens (including phenoxy) is 1. The molecule has 3 heteroatoms. The van der Waals surface area contributed by atoms with E-state index < -0.39 is 6.10 Å². The van der Waals surface area contributed by atoms with Crippen molar-refractivity contribution in [2.75, 3.05) is 0 Å². The first kappa shape index (κ1) is 12.9. The molecule has 1 unspecified atom stereocenters. The van der Waals surface area contributed by atoms with Crippen molar-refractivity contribution in [3.8, 4) is 11.5 Å². The minimum Gasteiger partial charge on any atom is -0.457 e. The average Bonchev–Trinajstić information content (AvgIpc) is 2.32. The first-order chi connectivity index (χ1) is 8.56. The van der Waals surface area contributed by atoms with Crippen LogP contribution in [0.15, 0.2) is 42.5 Å². The summed E-state index contributed by atoms with van der Waals surface area (Å²) >= 11 is 6.08. The second-order valence-corrected chi connectivity index (χ2v) is 4.68. The van der Waals surface area contributed by atoms with E-state index in [0.29, 0.717) is 16.3 Å². The van der Waals surface area contributed by atoms with Gasteiger partial charge in [0.05, 0.1) is 11.1 Å². The largest absolute Gasteiger partial charge is 0.457 e. The summed E-state index contributed by atoms with van der Waals surface area (Å²) in [6.07, 6.45) is -0.578. The Balaban J connectivity index is 2.20. The Bertz CT molecular complexity index is 533. The lowest BCUT2D eigenvalue weighted by Gasteiger charge is -2.10. The van der Waals surface area contributed by atoms with Gasteiger partial charge in [0, 0.05) is 0 Å². The summed E-state index contributed by atoms with van der Waals surface area (Å²) in [4.78, 5) is 0. The third-order valence-corrected chi connectivity index (χ3v) is 3.01. The molecule has 18 heavy (non-hydrogen) atoms. The van der Waals surface area contributed by atoms with E-state index >= 15 is 0 Å². The monoisotopic (exact) mass is 262 g/mol. The van der Waals surface area contributed by atoms with Gasteiger partial charge in [-0.2, -0.15) is 0 Å². The minimum atomic E-state index is -0.578. The summed E-state index contributed by atoms with van der Waals surface area (Å²) < 4.78 is 5.68. The summed E-state index contributed by atoms with van der Waals surface area (Å²) in [5.41, 5.74) is 1.89. The summed E-state index contributed by atoms with van der Waals surface area (Å²) in [6, 6.07) is 13.1. The molecule has 0 aliphatic heterocycles.